The van der Waals surface area contributed by atoms with Crippen molar-refractivity contribution in [3.8, 4) is 11.1 Å². The molecule has 0 radical (unpaired) electrons. The van der Waals surface area contributed by atoms with Crippen LogP contribution in [0.15, 0.2) is 72.9 Å². The Hall–Kier alpha value is -3.75. The summed E-state index contributed by atoms with van der Waals surface area (Å²) in [4.78, 5) is 33.4. The third-order valence-corrected chi connectivity index (χ3v) is 8.18. The van der Waals surface area contributed by atoms with Gasteiger partial charge in [0.25, 0.3) is 5.91 Å². The molecule has 8 heteroatoms. The van der Waals surface area contributed by atoms with Crippen LogP contribution in [0.1, 0.15) is 62.9 Å². The van der Waals surface area contributed by atoms with Crippen molar-refractivity contribution in [2.24, 2.45) is 0 Å². The molecule has 0 spiro atoms. The first-order valence-corrected chi connectivity index (χ1v) is 13.7. The quantitative estimate of drug-likeness (QED) is 0.446. The van der Waals surface area contributed by atoms with Crippen molar-refractivity contribution < 1.29 is 24.5 Å². The van der Waals surface area contributed by atoms with Crippen molar-refractivity contribution in [2.75, 3.05) is 20.1 Å². The van der Waals surface area contributed by atoms with E-state index in [1.807, 2.05) is 67.6 Å². The number of rotatable bonds is 7. The molecule has 2 aromatic carbocycles. The molecule has 2 amide bonds. The van der Waals surface area contributed by atoms with Gasteiger partial charge < -0.3 is 24.7 Å². The lowest BCUT2D eigenvalue weighted by Crippen LogP contribution is -2.51. The summed E-state index contributed by atoms with van der Waals surface area (Å²) in [5.74, 6) is -0.330. The van der Waals surface area contributed by atoms with E-state index in [2.05, 4.69) is 4.98 Å². The number of hydrogen-bond acceptors (Lipinski definition) is 6. The Balaban J connectivity index is 1.30. The van der Waals surface area contributed by atoms with Gasteiger partial charge in [0.2, 0.25) is 0 Å². The highest BCUT2D eigenvalue weighted by molar-refractivity contribution is 5.87. The summed E-state index contributed by atoms with van der Waals surface area (Å²) in [6, 6.07) is 20.9. The number of pyridine rings is 1. The van der Waals surface area contributed by atoms with Crippen molar-refractivity contribution in [1.29, 1.82) is 0 Å². The van der Waals surface area contributed by atoms with Crippen molar-refractivity contribution in [1.82, 2.24) is 14.8 Å². The van der Waals surface area contributed by atoms with Crippen LogP contribution in [0.4, 0.5) is 4.79 Å². The average Bonchev–Trinajstić information content (AvgIpc) is 3.21. The summed E-state index contributed by atoms with van der Waals surface area (Å²) < 4.78 is 6.13. The molecule has 5 rings (SSSR count). The van der Waals surface area contributed by atoms with Gasteiger partial charge in [-0.1, -0.05) is 60.7 Å². The van der Waals surface area contributed by atoms with Crippen LogP contribution in [0.25, 0.3) is 11.1 Å². The Morgan fingerprint density at radius 2 is 1.65 bits per heavy atom. The van der Waals surface area contributed by atoms with Crippen LogP contribution in [0, 0.1) is 0 Å². The standard InChI is InChI=1S/C32H37N3O5/c1-22(35-19-16-31(40-29(35)37,21-30(2,3)38)26-8-6-5-7-9-26)23-10-12-24(13-11-23)25-14-15-27(33-20-25)32(39)17-18-34(4)28(32)36/h5-15,20,22,38-39H,16-19,21H2,1-4H3/t22?,31-,32-/m0/s1. The van der Waals surface area contributed by atoms with E-state index >= 15 is 0 Å². The van der Waals surface area contributed by atoms with E-state index in [9.17, 15) is 19.8 Å². The van der Waals surface area contributed by atoms with Crippen LogP contribution in [0.2, 0.25) is 0 Å². The highest BCUT2D eigenvalue weighted by Crippen LogP contribution is 2.42. The Labute approximate surface area is 235 Å². The molecule has 3 heterocycles. The van der Waals surface area contributed by atoms with Gasteiger partial charge in [-0.25, -0.2) is 4.79 Å². The van der Waals surface area contributed by atoms with Crippen molar-refractivity contribution >= 4 is 12.0 Å². The number of likely N-dealkylation sites (N-methyl/N-ethyl adjacent to an activating group) is 1. The van der Waals surface area contributed by atoms with Gasteiger partial charge in [-0.15, -0.1) is 0 Å². The minimum absolute atomic E-state index is 0.211. The number of amides is 2. The molecule has 0 saturated carbocycles. The van der Waals surface area contributed by atoms with Crippen LogP contribution >= 0.6 is 0 Å². The molecule has 1 unspecified atom stereocenters. The fourth-order valence-electron chi connectivity index (χ4n) is 5.93. The summed E-state index contributed by atoms with van der Waals surface area (Å²) in [5, 5.41) is 21.5. The van der Waals surface area contributed by atoms with E-state index < -0.39 is 22.9 Å². The van der Waals surface area contributed by atoms with Crippen molar-refractivity contribution in [3.63, 3.8) is 0 Å². The van der Waals surface area contributed by atoms with Gasteiger partial charge in [-0.2, -0.15) is 0 Å². The molecule has 0 bridgehead atoms. The molecule has 8 nitrogen and oxygen atoms in total. The van der Waals surface area contributed by atoms with Gasteiger partial charge >= 0.3 is 6.09 Å². The number of carbonyl (C=O) groups is 2. The molecule has 3 atom stereocenters. The fraction of sp³-hybridized carbons (Fsp3) is 0.406. The lowest BCUT2D eigenvalue weighted by Gasteiger charge is -2.45. The van der Waals surface area contributed by atoms with Crippen molar-refractivity contribution in [2.45, 2.75) is 62.9 Å². The highest BCUT2D eigenvalue weighted by Gasteiger charge is 2.47. The van der Waals surface area contributed by atoms with Crippen LogP contribution in [0.5, 0.6) is 0 Å². The monoisotopic (exact) mass is 543 g/mol. The van der Waals surface area contributed by atoms with Crippen LogP contribution in [-0.2, 0) is 20.7 Å². The summed E-state index contributed by atoms with van der Waals surface area (Å²) in [7, 11) is 1.68. The zero-order valence-corrected chi connectivity index (χ0v) is 23.5. The van der Waals surface area contributed by atoms with Crippen LogP contribution in [-0.4, -0.2) is 62.7 Å². The molecule has 2 aliphatic rings. The van der Waals surface area contributed by atoms with E-state index in [1.54, 1.807) is 38.1 Å². The van der Waals surface area contributed by atoms with E-state index in [0.29, 0.717) is 38.0 Å². The van der Waals surface area contributed by atoms with E-state index in [0.717, 1.165) is 22.3 Å². The molecule has 2 saturated heterocycles. The Morgan fingerprint density at radius 1 is 0.975 bits per heavy atom. The first-order chi connectivity index (χ1) is 18.9. The number of benzene rings is 2. The van der Waals surface area contributed by atoms with Gasteiger partial charge in [-0.3, -0.25) is 9.78 Å². The predicted molar refractivity (Wildman–Crippen MR) is 151 cm³/mol. The number of cyclic esters (lactones) is 1. The summed E-state index contributed by atoms with van der Waals surface area (Å²) in [6.07, 6.45) is 2.47. The molecule has 1 aromatic heterocycles. The number of ether oxygens (including phenoxy) is 1. The Kier molecular flexibility index (Phi) is 7.18. The molecule has 0 aliphatic carbocycles. The van der Waals surface area contributed by atoms with Crippen LogP contribution < -0.4 is 0 Å². The fourth-order valence-corrected chi connectivity index (χ4v) is 5.93. The van der Waals surface area contributed by atoms with Gasteiger partial charge in [0.1, 0.15) is 5.60 Å². The number of carbonyl (C=O) groups excluding carboxylic acids is 2. The third-order valence-electron chi connectivity index (χ3n) is 8.18. The smallest absolute Gasteiger partial charge is 0.411 e. The van der Waals surface area contributed by atoms with Crippen molar-refractivity contribution in [3.05, 3.63) is 89.7 Å². The largest absolute Gasteiger partial charge is 0.438 e. The van der Waals surface area contributed by atoms with E-state index in [4.69, 9.17) is 4.74 Å². The minimum atomic E-state index is -1.57. The van der Waals surface area contributed by atoms with E-state index in [1.165, 1.54) is 4.90 Å². The molecule has 40 heavy (non-hydrogen) atoms. The number of nitrogens with zero attached hydrogens (tertiary/aromatic N) is 3. The summed E-state index contributed by atoms with van der Waals surface area (Å²) >= 11 is 0. The zero-order chi connectivity index (χ0) is 28.7. The molecular weight excluding hydrogens is 506 g/mol. The number of aromatic nitrogens is 1. The highest BCUT2D eigenvalue weighted by atomic mass is 16.6. The molecule has 2 N–H and O–H groups in total. The Morgan fingerprint density at radius 3 is 2.20 bits per heavy atom. The van der Waals surface area contributed by atoms with Gasteiger partial charge in [0.05, 0.1) is 17.3 Å². The van der Waals surface area contributed by atoms with Gasteiger partial charge in [0, 0.05) is 51.2 Å². The van der Waals surface area contributed by atoms with E-state index in [-0.39, 0.29) is 11.9 Å². The predicted octanol–water partition coefficient (Wildman–Crippen LogP) is 4.76. The topological polar surface area (TPSA) is 103 Å². The SMILES string of the molecule is CC(c1ccc(-c2ccc([C@@]3(O)CCN(C)C3=O)nc2)cc1)N1CC[C@](CC(C)(C)O)(c2ccccc2)OC1=O. The zero-order valence-electron chi connectivity index (χ0n) is 23.5. The second-order valence-corrected chi connectivity index (χ2v) is 11.7. The molecule has 210 valence electrons. The molecule has 2 aliphatic heterocycles. The molecular formula is C32H37N3O5. The number of likely N-dealkylation sites (tertiary alicyclic amines) is 1. The number of hydrogen-bond donors (Lipinski definition) is 2. The first kappa shape index (κ1) is 27.8. The molecule has 2 fully saturated rings. The Bertz CT molecular complexity index is 1370. The minimum Gasteiger partial charge on any atom is -0.438 e. The second-order valence-electron chi connectivity index (χ2n) is 11.7. The third kappa shape index (κ3) is 5.21. The van der Waals surface area contributed by atoms with Crippen LogP contribution in [0.3, 0.4) is 0 Å². The summed E-state index contributed by atoms with van der Waals surface area (Å²) in [5.41, 5.74) is 0.548. The van der Waals surface area contributed by atoms with Gasteiger partial charge in [0.15, 0.2) is 5.60 Å². The number of aliphatic hydroxyl groups is 2. The normalized spacial score (nSPS) is 24.2. The lowest BCUT2D eigenvalue weighted by atomic mass is 9.80. The first-order valence-electron chi connectivity index (χ1n) is 13.7. The second kappa shape index (κ2) is 10.3. The van der Waals surface area contributed by atoms with Gasteiger partial charge in [-0.05, 0) is 43.5 Å². The summed E-state index contributed by atoms with van der Waals surface area (Å²) in [6.45, 7) is 6.44. The maximum absolute atomic E-state index is 13.3. The lowest BCUT2D eigenvalue weighted by molar-refractivity contribution is -0.143. The molecule has 3 aromatic rings. The maximum atomic E-state index is 13.3. The maximum Gasteiger partial charge on any atom is 0.411 e. The average molecular weight is 544 g/mol.